The van der Waals surface area contributed by atoms with Gasteiger partial charge in [0.1, 0.15) is 10.8 Å². The van der Waals surface area contributed by atoms with E-state index in [1.54, 1.807) is 35.2 Å². The number of hydrogen-bond donors (Lipinski definition) is 0. The molecule has 1 aromatic heterocycles. The predicted octanol–water partition coefficient (Wildman–Crippen LogP) is 3.60. The molecule has 1 saturated heterocycles. The molecule has 1 aliphatic rings. The van der Waals surface area contributed by atoms with Crippen LogP contribution in [0.1, 0.15) is 50.4 Å². The number of pyridine rings is 1. The molecule has 0 N–H and O–H groups in total. The lowest BCUT2D eigenvalue weighted by atomic mass is 10.0. The van der Waals surface area contributed by atoms with Crippen molar-refractivity contribution in [3.05, 3.63) is 29.0 Å². The van der Waals surface area contributed by atoms with E-state index in [9.17, 15) is 9.59 Å². The summed E-state index contributed by atoms with van der Waals surface area (Å²) in [5.74, 6) is -0.201. The molecule has 0 radical (unpaired) electrons. The highest BCUT2D eigenvalue weighted by atomic mass is 35.5. The highest BCUT2D eigenvalue weighted by Crippen LogP contribution is 2.22. The summed E-state index contributed by atoms with van der Waals surface area (Å²) >= 11 is 6.01. The third kappa shape index (κ3) is 5.33. The van der Waals surface area contributed by atoms with Gasteiger partial charge in [-0.1, -0.05) is 11.6 Å². The molecule has 0 unspecified atom stereocenters. The molecule has 0 bridgehead atoms. The van der Waals surface area contributed by atoms with Crippen LogP contribution in [0.15, 0.2) is 18.3 Å². The first kappa shape index (κ1) is 19.5. The molecule has 138 valence electrons. The largest absolute Gasteiger partial charge is 0.444 e. The fourth-order valence-corrected chi connectivity index (χ4v) is 3.10. The van der Waals surface area contributed by atoms with Gasteiger partial charge in [-0.25, -0.2) is 9.78 Å². The summed E-state index contributed by atoms with van der Waals surface area (Å²) in [5, 5.41) is 0.187. The lowest BCUT2D eigenvalue weighted by Gasteiger charge is -2.38. The molecule has 1 aromatic rings. The molecule has 2 rings (SSSR count). The smallest absolute Gasteiger partial charge is 0.410 e. The topological polar surface area (TPSA) is 62.7 Å². The minimum atomic E-state index is -0.538. The standard InChI is InChI=1S/C18H26ClN3O3/c1-18(2,3)25-17(24)22-11-6-5-8-13(22)12-21(4)16(23)14-9-7-10-20-15(14)19/h7,9-10,13H,5-6,8,11-12H2,1-4H3/t13-/m1/s1. The number of ether oxygens (including phenoxy) is 1. The van der Waals surface area contributed by atoms with Gasteiger partial charge in [-0.15, -0.1) is 0 Å². The van der Waals surface area contributed by atoms with Crippen molar-refractivity contribution in [2.75, 3.05) is 20.1 Å². The molecule has 0 aliphatic carbocycles. The van der Waals surface area contributed by atoms with Crippen molar-refractivity contribution >= 4 is 23.6 Å². The Hall–Kier alpha value is -1.82. The quantitative estimate of drug-likeness (QED) is 0.766. The summed E-state index contributed by atoms with van der Waals surface area (Å²) in [6.45, 7) is 6.64. The molecular formula is C18H26ClN3O3. The molecule has 6 nitrogen and oxygen atoms in total. The zero-order chi connectivity index (χ0) is 18.6. The van der Waals surface area contributed by atoms with Crippen molar-refractivity contribution in [1.82, 2.24) is 14.8 Å². The number of nitrogens with zero attached hydrogens (tertiary/aromatic N) is 3. The average Bonchev–Trinajstić information content (AvgIpc) is 2.53. The molecule has 2 heterocycles. The van der Waals surface area contributed by atoms with Crippen molar-refractivity contribution in [1.29, 1.82) is 0 Å². The van der Waals surface area contributed by atoms with Crippen molar-refractivity contribution in [2.45, 2.75) is 51.7 Å². The Balaban J connectivity index is 2.06. The highest BCUT2D eigenvalue weighted by Gasteiger charge is 2.32. The van der Waals surface area contributed by atoms with Crippen LogP contribution >= 0.6 is 11.6 Å². The van der Waals surface area contributed by atoms with Crippen molar-refractivity contribution in [3.8, 4) is 0 Å². The minimum absolute atomic E-state index is 0.0620. The summed E-state index contributed by atoms with van der Waals surface area (Å²) in [6.07, 6.45) is 4.04. The summed E-state index contributed by atoms with van der Waals surface area (Å²) in [5.41, 5.74) is -0.171. The Labute approximate surface area is 154 Å². The molecule has 1 atom stereocenters. The van der Waals surface area contributed by atoms with E-state index in [0.717, 1.165) is 19.3 Å². The van der Waals surface area contributed by atoms with Gasteiger partial charge in [-0.3, -0.25) is 4.79 Å². The monoisotopic (exact) mass is 367 g/mol. The molecular weight excluding hydrogens is 342 g/mol. The zero-order valence-corrected chi connectivity index (χ0v) is 16.0. The molecule has 0 spiro atoms. The van der Waals surface area contributed by atoms with Gasteiger partial charge in [0, 0.05) is 26.3 Å². The third-order valence-corrected chi connectivity index (χ3v) is 4.38. The number of piperidine rings is 1. The van der Waals surface area contributed by atoms with Crippen LogP contribution in [0.3, 0.4) is 0 Å². The van der Waals surface area contributed by atoms with E-state index in [2.05, 4.69) is 4.98 Å². The van der Waals surface area contributed by atoms with E-state index in [1.165, 1.54) is 0 Å². The van der Waals surface area contributed by atoms with Gasteiger partial charge in [0.25, 0.3) is 5.91 Å². The lowest BCUT2D eigenvalue weighted by Crippen LogP contribution is -2.51. The number of likely N-dealkylation sites (tertiary alicyclic amines) is 1. The van der Waals surface area contributed by atoms with Crippen LogP contribution in [0.25, 0.3) is 0 Å². The maximum atomic E-state index is 12.6. The van der Waals surface area contributed by atoms with E-state index in [1.807, 2.05) is 20.8 Å². The van der Waals surface area contributed by atoms with Crippen LogP contribution in [0, 0.1) is 0 Å². The normalized spacial score (nSPS) is 18.0. The molecule has 25 heavy (non-hydrogen) atoms. The van der Waals surface area contributed by atoms with Crippen LogP contribution in [0.4, 0.5) is 4.79 Å². The Morgan fingerprint density at radius 1 is 1.40 bits per heavy atom. The Morgan fingerprint density at radius 3 is 2.76 bits per heavy atom. The first-order valence-corrected chi connectivity index (χ1v) is 8.92. The minimum Gasteiger partial charge on any atom is -0.444 e. The SMILES string of the molecule is CN(C[C@H]1CCCCN1C(=O)OC(C)(C)C)C(=O)c1cccnc1Cl. The Morgan fingerprint density at radius 2 is 2.12 bits per heavy atom. The highest BCUT2D eigenvalue weighted by molar-refractivity contribution is 6.32. The van der Waals surface area contributed by atoms with Crippen molar-refractivity contribution < 1.29 is 14.3 Å². The van der Waals surface area contributed by atoms with Crippen molar-refractivity contribution in [3.63, 3.8) is 0 Å². The number of hydrogen-bond acceptors (Lipinski definition) is 4. The average molecular weight is 368 g/mol. The maximum absolute atomic E-state index is 12.6. The summed E-state index contributed by atoms with van der Waals surface area (Å²) in [6, 6.07) is 3.27. The Bertz CT molecular complexity index is 630. The number of carbonyl (C=O) groups excluding carboxylic acids is 2. The van der Waals surface area contributed by atoms with Crippen LogP contribution in [-0.4, -0.2) is 58.6 Å². The van der Waals surface area contributed by atoms with Gasteiger partial charge in [0.15, 0.2) is 0 Å². The molecule has 0 saturated carbocycles. The van der Waals surface area contributed by atoms with E-state index >= 15 is 0 Å². The van der Waals surface area contributed by atoms with E-state index in [0.29, 0.717) is 18.7 Å². The number of likely N-dealkylation sites (N-methyl/N-ethyl adjacent to an activating group) is 1. The van der Waals surface area contributed by atoms with Crippen LogP contribution < -0.4 is 0 Å². The first-order chi connectivity index (χ1) is 11.7. The number of aromatic nitrogens is 1. The van der Waals surface area contributed by atoms with Crippen LogP contribution in [0.2, 0.25) is 5.15 Å². The molecule has 0 aromatic carbocycles. The number of rotatable bonds is 3. The summed E-state index contributed by atoms with van der Waals surface area (Å²) in [4.78, 5) is 32.4. The van der Waals surface area contributed by atoms with E-state index in [4.69, 9.17) is 16.3 Å². The molecule has 2 amide bonds. The zero-order valence-electron chi connectivity index (χ0n) is 15.3. The van der Waals surface area contributed by atoms with Gasteiger partial charge < -0.3 is 14.5 Å². The second-order valence-electron chi connectivity index (χ2n) is 7.35. The second kappa shape index (κ2) is 8.04. The lowest BCUT2D eigenvalue weighted by molar-refractivity contribution is 0.00604. The molecule has 1 aliphatic heterocycles. The first-order valence-electron chi connectivity index (χ1n) is 8.54. The van der Waals surface area contributed by atoms with E-state index < -0.39 is 5.60 Å². The fourth-order valence-electron chi connectivity index (χ4n) is 2.90. The van der Waals surface area contributed by atoms with Gasteiger partial charge in [0.05, 0.1) is 11.6 Å². The second-order valence-corrected chi connectivity index (χ2v) is 7.71. The van der Waals surface area contributed by atoms with Gasteiger partial charge in [-0.05, 0) is 52.2 Å². The summed E-state index contributed by atoms with van der Waals surface area (Å²) in [7, 11) is 1.72. The maximum Gasteiger partial charge on any atom is 0.410 e. The van der Waals surface area contributed by atoms with Gasteiger partial charge in [0.2, 0.25) is 0 Å². The number of halogens is 1. The number of carbonyl (C=O) groups is 2. The third-order valence-electron chi connectivity index (χ3n) is 4.08. The summed E-state index contributed by atoms with van der Waals surface area (Å²) < 4.78 is 5.51. The molecule has 1 fully saturated rings. The van der Waals surface area contributed by atoms with Gasteiger partial charge in [-0.2, -0.15) is 0 Å². The van der Waals surface area contributed by atoms with E-state index in [-0.39, 0.29) is 23.2 Å². The van der Waals surface area contributed by atoms with Crippen LogP contribution in [-0.2, 0) is 4.74 Å². The fraction of sp³-hybridized carbons (Fsp3) is 0.611. The van der Waals surface area contributed by atoms with Gasteiger partial charge >= 0.3 is 6.09 Å². The molecule has 7 heteroatoms. The van der Waals surface area contributed by atoms with Crippen LogP contribution in [0.5, 0.6) is 0 Å². The Kier molecular flexibility index (Phi) is 6.27. The van der Waals surface area contributed by atoms with Crippen molar-refractivity contribution in [2.24, 2.45) is 0 Å². The number of amides is 2. The predicted molar refractivity (Wildman–Crippen MR) is 96.8 cm³/mol.